The molecule has 126 valence electrons. The van der Waals surface area contributed by atoms with Gasteiger partial charge in [-0.25, -0.2) is 4.39 Å². The number of carboxylic acid groups (broad SMARTS) is 1. The lowest BCUT2D eigenvalue weighted by atomic mass is 10.2. The lowest BCUT2D eigenvalue weighted by molar-refractivity contribution is -0.140. The maximum atomic E-state index is 14.0. The molecule has 0 spiro atoms. The number of anilines is 1. The molecule has 2 atom stereocenters. The number of carbonyl (C=O) groups excluding carboxylic acids is 1. The van der Waals surface area contributed by atoms with Crippen LogP contribution in [-0.2, 0) is 16.1 Å². The van der Waals surface area contributed by atoms with E-state index in [-0.39, 0.29) is 18.2 Å². The van der Waals surface area contributed by atoms with Crippen molar-refractivity contribution in [3.05, 3.63) is 48.2 Å². The molecule has 7 heteroatoms. The Bertz CT molecular complexity index is 758. The van der Waals surface area contributed by atoms with Gasteiger partial charge in [0.2, 0.25) is 5.91 Å². The van der Waals surface area contributed by atoms with E-state index in [4.69, 9.17) is 14.3 Å². The largest absolute Gasteiger partial charge is 0.494 e. The second-order valence-corrected chi connectivity index (χ2v) is 5.61. The Hall–Kier alpha value is -2.83. The van der Waals surface area contributed by atoms with Crippen molar-refractivity contribution in [2.45, 2.75) is 13.0 Å². The number of ether oxygens (including phenoxy) is 1. The summed E-state index contributed by atoms with van der Waals surface area (Å²) in [5, 5.41) is 9.03. The van der Waals surface area contributed by atoms with Gasteiger partial charge >= 0.3 is 5.97 Å². The van der Waals surface area contributed by atoms with E-state index in [2.05, 4.69) is 0 Å². The Kier molecular flexibility index (Phi) is 4.24. The molecule has 6 nitrogen and oxygen atoms in total. The number of hydrogen-bond donors (Lipinski definition) is 1. The molecule has 0 aliphatic heterocycles. The summed E-state index contributed by atoms with van der Waals surface area (Å²) in [5.41, 5.74) is 0.325. The molecule has 3 rings (SSSR count). The zero-order valence-electron chi connectivity index (χ0n) is 12.9. The number of furan rings is 1. The van der Waals surface area contributed by atoms with Crippen molar-refractivity contribution in [1.29, 1.82) is 0 Å². The Morgan fingerprint density at radius 3 is 2.71 bits per heavy atom. The molecular weight excluding hydrogens is 317 g/mol. The molecule has 1 saturated carbocycles. The number of carboxylic acids is 1. The van der Waals surface area contributed by atoms with E-state index in [9.17, 15) is 14.0 Å². The minimum absolute atomic E-state index is 0.0685. The zero-order valence-corrected chi connectivity index (χ0v) is 12.9. The fourth-order valence-electron chi connectivity index (χ4n) is 2.62. The average molecular weight is 333 g/mol. The Morgan fingerprint density at radius 1 is 1.38 bits per heavy atom. The summed E-state index contributed by atoms with van der Waals surface area (Å²) >= 11 is 0. The monoisotopic (exact) mass is 333 g/mol. The summed E-state index contributed by atoms with van der Waals surface area (Å²) in [6, 6.07) is 7.55. The first-order chi connectivity index (χ1) is 11.5. The van der Waals surface area contributed by atoms with Crippen LogP contribution in [0.25, 0.3) is 0 Å². The fourth-order valence-corrected chi connectivity index (χ4v) is 2.62. The Labute approximate surface area is 137 Å². The Balaban J connectivity index is 1.89. The average Bonchev–Trinajstić information content (AvgIpc) is 3.21. The van der Waals surface area contributed by atoms with Gasteiger partial charge in [0.05, 0.1) is 31.8 Å². The fraction of sp³-hybridized carbons (Fsp3) is 0.294. The van der Waals surface area contributed by atoms with Crippen LogP contribution >= 0.6 is 0 Å². The lowest BCUT2D eigenvalue weighted by Crippen LogP contribution is -2.32. The van der Waals surface area contributed by atoms with E-state index in [1.165, 1.54) is 30.4 Å². The SMILES string of the molecule is COc1ccc(N(Cc2ccco2)C(=O)[C@@H]2C[C@@H]2C(=O)O)cc1F. The molecule has 1 N–H and O–H groups in total. The van der Waals surface area contributed by atoms with Crippen LogP contribution in [0.5, 0.6) is 5.75 Å². The van der Waals surface area contributed by atoms with E-state index < -0.39 is 23.6 Å². The van der Waals surface area contributed by atoms with Crippen LogP contribution in [0.1, 0.15) is 12.2 Å². The predicted octanol–water partition coefficient (Wildman–Crippen LogP) is 2.68. The number of benzene rings is 1. The number of carbonyl (C=O) groups is 2. The molecule has 0 radical (unpaired) electrons. The summed E-state index contributed by atoms with van der Waals surface area (Å²) in [6.45, 7) is 0.0977. The molecule has 24 heavy (non-hydrogen) atoms. The number of rotatable bonds is 6. The van der Waals surface area contributed by atoms with Crippen LogP contribution in [0, 0.1) is 17.7 Å². The number of hydrogen-bond acceptors (Lipinski definition) is 4. The summed E-state index contributed by atoms with van der Waals surface area (Å²) < 4.78 is 24.1. The molecule has 0 saturated heterocycles. The number of nitrogens with zero attached hydrogens (tertiary/aromatic N) is 1. The second-order valence-electron chi connectivity index (χ2n) is 5.61. The molecule has 0 unspecified atom stereocenters. The van der Waals surface area contributed by atoms with Crippen molar-refractivity contribution >= 4 is 17.6 Å². The predicted molar refractivity (Wildman–Crippen MR) is 82.1 cm³/mol. The van der Waals surface area contributed by atoms with Gasteiger partial charge in [0.15, 0.2) is 11.6 Å². The highest BCUT2D eigenvalue weighted by atomic mass is 19.1. The normalized spacial score (nSPS) is 18.9. The van der Waals surface area contributed by atoms with E-state index >= 15 is 0 Å². The first-order valence-corrected chi connectivity index (χ1v) is 7.41. The molecule has 0 bridgehead atoms. The minimum atomic E-state index is -0.993. The lowest BCUT2D eigenvalue weighted by Gasteiger charge is -2.22. The summed E-state index contributed by atoms with van der Waals surface area (Å²) in [5.74, 6) is -2.64. The molecule has 1 amide bonds. The topological polar surface area (TPSA) is 80.0 Å². The van der Waals surface area contributed by atoms with Gasteiger partial charge in [-0.05, 0) is 30.7 Å². The standard InChI is InChI=1S/C17H16FNO5/c1-23-15-5-4-10(7-14(15)18)19(9-11-3-2-6-24-11)16(20)12-8-13(12)17(21)22/h2-7,12-13H,8-9H2,1H3,(H,21,22)/t12-,13+/m1/s1. The molecule has 1 fully saturated rings. The van der Waals surface area contributed by atoms with Gasteiger partial charge in [-0.3, -0.25) is 9.59 Å². The highest BCUT2D eigenvalue weighted by Crippen LogP contribution is 2.41. The van der Waals surface area contributed by atoms with E-state index in [1.54, 1.807) is 18.2 Å². The first kappa shape index (κ1) is 16.0. The molecule has 1 heterocycles. The third-order valence-electron chi connectivity index (χ3n) is 4.03. The highest BCUT2D eigenvalue weighted by molar-refractivity contribution is 6.00. The second kappa shape index (κ2) is 6.35. The van der Waals surface area contributed by atoms with Crippen molar-refractivity contribution < 1.29 is 28.2 Å². The van der Waals surface area contributed by atoms with E-state index in [0.717, 1.165) is 0 Å². The molecule has 1 aliphatic rings. The third-order valence-corrected chi connectivity index (χ3v) is 4.03. The van der Waals surface area contributed by atoms with Crippen molar-refractivity contribution in [3.63, 3.8) is 0 Å². The maximum Gasteiger partial charge on any atom is 0.307 e. The van der Waals surface area contributed by atoms with Crippen LogP contribution in [0.15, 0.2) is 41.0 Å². The van der Waals surface area contributed by atoms with Crippen LogP contribution in [0.4, 0.5) is 10.1 Å². The third kappa shape index (κ3) is 3.10. The number of amides is 1. The summed E-state index contributed by atoms with van der Waals surface area (Å²) in [6.07, 6.45) is 1.77. The van der Waals surface area contributed by atoms with Crippen molar-refractivity contribution in [2.24, 2.45) is 11.8 Å². The number of aliphatic carboxylic acids is 1. The number of methoxy groups -OCH3 is 1. The van der Waals surface area contributed by atoms with Gasteiger partial charge < -0.3 is 19.2 Å². The van der Waals surface area contributed by atoms with Gasteiger partial charge in [0, 0.05) is 11.8 Å². The molecular formula is C17H16FNO5. The molecule has 1 aromatic heterocycles. The van der Waals surface area contributed by atoms with Gasteiger partial charge in [-0.2, -0.15) is 0 Å². The van der Waals surface area contributed by atoms with Gasteiger partial charge in [-0.15, -0.1) is 0 Å². The van der Waals surface area contributed by atoms with Gasteiger partial charge in [0.25, 0.3) is 0 Å². The number of halogens is 1. The highest BCUT2D eigenvalue weighted by Gasteiger charge is 2.50. The minimum Gasteiger partial charge on any atom is -0.494 e. The smallest absolute Gasteiger partial charge is 0.307 e. The van der Waals surface area contributed by atoms with Crippen molar-refractivity contribution in [3.8, 4) is 5.75 Å². The molecule has 1 aromatic carbocycles. The van der Waals surface area contributed by atoms with Crippen molar-refractivity contribution in [1.82, 2.24) is 0 Å². The first-order valence-electron chi connectivity index (χ1n) is 7.41. The van der Waals surface area contributed by atoms with Crippen LogP contribution < -0.4 is 9.64 Å². The van der Waals surface area contributed by atoms with Crippen LogP contribution in [0.2, 0.25) is 0 Å². The summed E-state index contributed by atoms with van der Waals surface area (Å²) in [4.78, 5) is 25.0. The summed E-state index contributed by atoms with van der Waals surface area (Å²) in [7, 11) is 1.35. The van der Waals surface area contributed by atoms with Crippen molar-refractivity contribution in [2.75, 3.05) is 12.0 Å². The maximum absolute atomic E-state index is 14.0. The van der Waals surface area contributed by atoms with Crippen LogP contribution in [0.3, 0.4) is 0 Å². The molecule has 2 aromatic rings. The zero-order chi connectivity index (χ0) is 17.3. The van der Waals surface area contributed by atoms with E-state index in [1.807, 2.05) is 0 Å². The Morgan fingerprint density at radius 2 is 2.17 bits per heavy atom. The molecule has 1 aliphatic carbocycles. The quantitative estimate of drug-likeness (QED) is 0.879. The van der Waals surface area contributed by atoms with Gasteiger partial charge in [0.1, 0.15) is 5.76 Å². The van der Waals surface area contributed by atoms with Crippen LogP contribution in [-0.4, -0.2) is 24.1 Å². The van der Waals surface area contributed by atoms with E-state index in [0.29, 0.717) is 17.9 Å². The van der Waals surface area contributed by atoms with Gasteiger partial charge in [-0.1, -0.05) is 0 Å².